The SMILES string of the molecule is C=C(C)C(=O)O.C=CC#N.C=CC(=O)NCOCCCC.C=CC(=O)OCCCC.C=Cc1ccccc1.CCCCCCCCCC(C)(C)S. The van der Waals surface area contributed by atoms with Gasteiger partial charge in [0, 0.05) is 29.1 Å². The number of ether oxygens (including phenoxy) is 2. The molecule has 8 nitrogen and oxygen atoms in total. The number of rotatable bonds is 20. The molecule has 1 amide bonds. The van der Waals surface area contributed by atoms with Crippen LogP contribution < -0.4 is 5.32 Å². The zero-order chi connectivity index (χ0) is 40.2. The van der Waals surface area contributed by atoms with Crippen molar-refractivity contribution in [2.24, 2.45) is 0 Å². The van der Waals surface area contributed by atoms with E-state index < -0.39 is 5.97 Å². The van der Waals surface area contributed by atoms with Gasteiger partial charge >= 0.3 is 11.9 Å². The van der Waals surface area contributed by atoms with Gasteiger partial charge in [0.1, 0.15) is 6.73 Å². The van der Waals surface area contributed by atoms with Crippen LogP contribution in [0.5, 0.6) is 0 Å². The van der Waals surface area contributed by atoms with Crippen molar-refractivity contribution in [1.29, 1.82) is 5.26 Å². The Bertz CT molecular complexity index is 1050. The summed E-state index contributed by atoms with van der Waals surface area (Å²) in [6.45, 7) is 30.2. The van der Waals surface area contributed by atoms with Crippen molar-refractivity contribution in [3.05, 3.63) is 92.6 Å². The van der Waals surface area contributed by atoms with Gasteiger partial charge < -0.3 is 19.9 Å². The van der Waals surface area contributed by atoms with Crippen LogP contribution in [0.15, 0.2) is 87.0 Å². The van der Waals surface area contributed by atoms with Gasteiger partial charge in [0.15, 0.2) is 0 Å². The molecule has 290 valence electrons. The maximum absolute atomic E-state index is 10.5. The molecule has 0 bridgehead atoms. The number of carboxylic acids is 1. The lowest BCUT2D eigenvalue weighted by Crippen LogP contribution is -2.23. The molecule has 2 N–H and O–H groups in total. The van der Waals surface area contributed by atoms with Gasteiger partial charge in [-0.1, -0.05) is 162 Å². The Morgan fingerprint density at radius 1 is 0.863 bits per heavy atom. The summed E-state index contributed by atoms with van der Waals surface area (Å²) in [6.07, 6.45) is 20.6. The van der Waals surface area contributed by atoms with E-state index >= 15 is 0 Å². The van der Waals surface area contributed by atoms with Gasteiger partial charge in [0.2, 0.25) is 5.91 Å². The largest absolute Gasteiger partial charge is 0.478 e. The minimum absolute atomic E-state index is 0.176. The molecule has 0 aromatic heterocycles. The maximum atomic E-state index is 10.5. The van der Waals surface area contributed by atoms with Crippen LogP contribution in [0.3, 0.4) is 0 Å². The van der Waals surface area contributed by atoms with E-state index in [-0.39, 0.29) is 28.9 Å². The molecule has 0 aliphatic carbocycles. The lowest BCUT2D eigenvalue weighted by Gasteiger charge is -2.16. The molecule has 1 rings (SSSR count). The van der Waals surface area contributed by atoms with E-state index in [1.165, 1.54) is 82.1 Å². The van der Waals surface area contributed by atoms with Crippen molar-refractivity contribution < 1.29 is 29.0 Å². The number of esters is 1. The van der Waals surface area contributed by atoms with Crippen molar-refractivity contribution >= 4 is 36.6 Å². The molecule has 0 unspecified atom stereocenters. The molecular weight excluding hydrogens is 661 g/mol. The number of hydrogen-bond acceptors (Lipinski definition) is 7. The standard InChI is InChI=1S/C12H26S.C8H15NO2.C8H8.C7H12O2.C4H6O2.C3H3N/c1-4-5-6-7-8-9-10-11-12(2,3)13;1-3-5-6-11-7-9-8(10)4-2;1-2-8-6-4-3-5-7-8;1-3-5-6-9-7(8)4-2;1-3(2)4(5)6;1-2-3-4/h13H,4-11H2,1-3H3;4H,2-3,5-7H2,1H3,(H,9,10);2-7H,1H2;4H,2-3,5-6H2,1H3;1H2,2H3,(H,5,6);2H,1H2. The van der Waals surface area contributed by atoms with E-state index in [2.05, 4.69) is 83.3 Å². The molecule has 0 fully saturated rings. The van der Waals surface area contributed by atoms with Crippen molar-refractivity contribution in [3.8, 4) is 6.07 Å². The molecule has 51 heavy (non-hydrogen) atoms. The number of benzene rings is 1. The number of allylic oxidation sites excluding steroid dienone is 1. The van der Waals surface area contributed by atoms with Crippen LogP contribution in [0.2, 0.25) is 0 Å². The molecule has 0 heterocycles. The number of carbonyl (C=O) groups excluding carboxylic acids is 2. The molecule has 0 spiro atoms. The van der Waals surface area contributed by atoms with Gasteiger partial charge in [-0.2, -0.15) is 17.9 Å². The fourth-order valence-electron chi connectivity index (χ4n) is 2.99. The third-order valence-electron chi connectivity index (χ3n) is 5.97. The minimum Gasteiger partial charge on any atom is -0.478 e. The summed E-state index contributed by atoms with van der Waals surface area (Å²) in [5.74, 6) is -1.46. The van der Waals surface area contributed by atoms with Gasteiger partial charge in [-0.25, -0.2) is 9.59 Å². The van der Waals surface area contributed by atoms with E-state index in [1.807, 2.05) is 43.3 Å². The number of nitrogens with zero attached hydrogens (tertiary/aromatic N) is 1. The number of nitrogens with one attached hydrogen (secondary N) is 1. The van der Waals surface area contributed by atoms with Gasteiger partial charge in [-0.15, -0.1) is 0 Å². The van der Waals surface area contributed by atoms with E-state index in [4.69, 9.17) is 15.1 Å². The van der Waals surface area contributed by atoms with Gasteiger partial charge in [-0.3, -0.25) is 4.79 Å². The quantitative estimate of drug-likeness (QED) is 0.0304. The van der Waals surface area contributed by atoms with Crippen LogP contribution in [-0.2, 0) is 23.9 Å². The van der Waals surface area contributed by atoms with Crippen LogP contribution in [0.1, 0.15) is 124 Å². The van der Waals surface area contributed by atoms with Crippen LogP contribution in [0.4, 0.5) is 0 Å². The fourth-order valence-corrected chi connectivity index (χ4v) is 3.15. The van der Waals surface area contributed by atoms with Crippen LogP contribution in [0.25, 0.3) is 6.08 Å². The molecule has 9 heteroatoms. The molecule has 0 saturated carbocycles. The topological polar surface area (TPSA) is 126 Å². The Morgan fingerprint density at radius 2 is 1.33 bits per heavy atom. The van der Waals surface area contributed by atoms with E-state index in [9.17, 15) is 14.4 Å². The zero-order valence-corrected chi connectivity index (χ0v) is 33.6. The molecule has 0 saturated heterocycles. The summed E-state index contributed by atoms with van der Waals surface area (Å²) < 4.78 is 9.98. The Kier molecular flexibility index (Phi) is 51.1. The number of nitriles is 1. The predicted molar refractivity (Wildman–Crippen MR) is 221 cm³/mol. The number of unbranched alkanes of at least 4 members (excludes halogenated alkanes) is 8. The van der Waals surface area contributed by atoms with Crippen molar-refractivity contribution in [1.82, 2.24) is 5.32 Å². The third kappa shape index (κ3) is 65.2. The summed E-state index contributed by atoms with van der Waals surface area (Å²) in [4.78, 5) is 30.5. The monoisotopic (exact) mass is 730 g/mol. The number of amides is 1. The van der Waals surface area contributed by atoms with Gasteiger partial charge in [-0.05, 0) is 37.8 Å². The lowest BCUT2D eigenvalue weighted by atomic mass is 10.0. The Hall–Kier alpha value is -3.87. The highest BCUT2D eigenvalue weighted by atomic mass is 32.1. The molecule has 1 aromatic carbocycles. The number of hydrogen-bond donors (Lipinski definition) is 3. The first-order valence-corrected chi connectivity index (χ1v) is 18.2. The summed E-state index contributed by atoms with van der Waals surface area (Å²) in [6, 6.07) is 11.7. The number of carbonyl (C=O) groups is 3. The second-order valence-corrected chi connectivity index (χ2v) is 12.8. The highest BCUT2D eigenvalue weighted by molar-refractivity contribution is 7.81. The van der Waals surface area contributed by atoms with Crippen LogP contribution >= 0.6 is 12.6 Å². The number of thiol groups is 1. The minimum atomic E-state index is -0.935. The van der Waals surface area contributed by atoms with E-state index in [1.54, 1.807) is 6.07 Å². The average Bonchev–Trinajstić information content (AvgIpc) is 3.12. The lowest BCUT2D eigenvalue weighted by molar-refractivity contribution is -0.138. The van der Waals surface area contributed by atoms with E-state index in [0.717, 1.165) is 25.7 Å². The first-order valence-electron chi connectivity index (χ1n) is 17.7. The molecule has 0 radical (unpaired) electrons. The summed E-state index contributed by atoms with van der Waals surface area (Å²) in [5, 5.41) is 17.9. The Labute approximate surface area is 317 Å². The van der Waals surface area contributed by atoms with Crippen molar-refractivity contribution in [2.75, 3.05) is 19.9 Å². The van der Waals surface area contributed by atoms with Crippen molar-refractivity contribution in [3.63, 3.8) is 0 Å². The average molecular weight is 731 g/mol. The molecular formula is C42H70N2O6S. The summed E-state index contributed by atoms with van der Waals surface area (Å²) in [5.41, 5.74) is 1.35. The third-order valence-corrected chi connectivity index (χ3v) is 6.19. The number of carboxylic acid groups (broad SMARTS) is 1. The molecule has 0 aliphatic rings. The molecule has 1 aromatic rings. The second kappa shape index (κ2) is 46.1. The van der Waals surface area contributed by atoms with Crippen LogP contribution in [-0.4, -0.2) is 47.6 Å². The smallest absolute Gasteiger partial charge is 0.330 e. The first kappa shape index (κ1) is 56.5. The predicted octanol–water partition coefficient (Wildman–Crippen LogP) is 11.1. The second-order valence-electron chi connectivity index (χ2n) is 11.6. The number of aliphatic carboxylic acids is 1. The molecule has 0 aliphatic heterocycles. The summed E-state index contributed by atoms with van der Waals surface area (Å²) >= 11 is 4.51. The fraction of sp³-hybridized carbons (Fsp3) is 0.524. The normalized spacial score (nSPS) is 9.06. The Morgan fingerprint density at radius 3 is 1.71 bits per heavy atom. The van der Waals surface area contributed by atoms with Gasteiger partial charge in [0.25, 0.3) is 0 Å². The molecule has 0 atom stereocenters. The maximum Gasteiger partial charge on any atom is 0.330 e. The zero-order valence-electron chi connectivity index (χ0n) is 32.7. The summed E-state index contributed by atoms with van der Waals surface area (Å²) in [7, 11) is 0. The van der Waals surface area contributed by atoms with Crippen molar-refractivity contribution in [2.45, 2.75) is 123 Å². The van der Waals surface area contributed by atoms with E-state index in [0.29, 0.717) is 13.2 Å². The van der Waals surface area contributed by atoms with Gasteiger partial charge in [0.05, 0.1) is 12.7 Å². The van der Waals surface area contributed by atoms with Crippen LogP contribution in [0, 0.1) is 11.3 Å². The highest BCUT2D eigenvalue weighted by Crippen LogP contribution is 2.21. The first-order chi connectivity index (χ1) is 24.2. The Balaban J connectivity index is -0.000000171. The highest BCUT2D eigenvalue weighted by Gasteiger charge is 2.09.